The van der Waals surface area contributed by atoms with E-state index in [0.717, 1.165) is 31.8 Å². The summed E-state index contributed by atoms with van der Waals surface area (Å²) in [5, 5.41) is -0.159. The van der Waals surface area contributed by atoms with E-state index >= 15 is 0 Å². The number of oxazole rings is 1. The first-order chi connectivity index (χ1) is 6.77. The number of alkyl halides is 1. The maximum atomic E-state index is 5.87. The summed E-state index contributed by atoms with van der Waals surface area (Å²) >= 11 is 5.87. The van der Waals surface area contributed by atoms with Crippen LogP contribution in [-0.4, -0.2) is 18.2 Å². The second kappa shape index (κ2) is 4.32. The molecule has 1 aliphatic heterocycles. The molecule has 78 valence electrons. The fourth-order valence-electron chi connectivity index (χ4n) is 1.64. The molecule has 0 aliphatic carbocycles. The van der Waals surface area contributed by atoms with E-state index in [2.05, 4.69) is 4.98 Å². The zero-order valence-electron chi connectivity index (χ0n) is 8.20. The number of hydrogen-bond donors (Lipinski definition) is 0. The Hall–Kier alpha value is -0.540. The molecule has 2 atom stereocenters. The third kappa shape index (κ3) is 2.10. The van der Waals surface area contributed by atoms with Gasteiger partial charge in [-0.15, -0.1) is 11.6 Å². The van der Waals surface area contributed by atoms with Gasteiger partial charge in [0, 0.05) is 12.5 Å². The van der Waals surface area contributed by atoms with Gasteiger partial charge in [0.1, 0.15) is 11.1 Å². The minimum atomic E-state index is -0.159. The van der Waals surface area contributed by atoms with Crippen LogP contribution in [0.25, 0.3) is 0 Å². The molecule has 3 nitrogen and oxygen atoms in total. The van der Waals surface area contributed by atoms with Gasteiger partial charge in [-0.3, -0.25) is 0 Å². The lowest BCUT2D eigenvalue weighted by Crippen LogP contribution is -2.14. The molecule has 0 amide bonds. The number of nitrogens with zero attached hydrogens (tertiary/aromatic N) is 1. The third-order valence-corrected chi connectivity index (χ3v) is 2.63. The van der Waals surface area contributed by atoms with Crippen LogP contribution in [0, 0.1) is 0 Å². The molecule has 0 saturated carbocycles. The van der Waals surface area contributed by atoms with E-state index in [4.69, 9.17) is 20.8 Å². The molecule has 14 heavy (non-hydrogen) atoms. The molecule has 0 spiro atoms. The van der Waals surface area contributed by atoms with Crippen LogP contribution in [0.3, 0.4) is 0 Å². The molecule has 1 saturated heterocycles. The van der Waals surface area contributed by atoms with Crippen molar-refractivity contribution in [3.63, 3.8) is 0 Å². The molecule has 2 rings (SSSR count). The van der Waals surface area contributed by atoms with E-state index in [-0.39, 0.29) is 5.38 Å². The van der Waals surface area contributed by atoms with Crippen LogP contribution in [0.5, 0.6) is 0 Å². The van der Waals surface area contributed by atoms with Crippen molar-refractivity contribution in [1.29, 1.82) is 0 Å². The molecule has 0 radical (unpaired) electrons. The lowest BCUT2D eigenvalue weighted by molar-refractivity contribution is 0.0738. The van der Waals surface area contributed by atoms with Gasteiger partial charge in [0.2, 0.25) is 5.89 Å². The minimum Gasteiger partial charge on any atom is -0.444 e. The lowest BCUT2D eigenvalue weighted by Gasteiger charge is -2.19. The summed E-state index contributed by atoms with van der Waals surface area (Å²) in [4.78, 5) is 4.14. The zero-order valence-corrected chi connectivity index (χ0v) is 8.96. The topological polar surface area (TPSA) is 35.3 Å². The smallest absolute Gasteiger partial charge is 0.212 e. The summed E-state index contributed by atoms with van der Waals surface area (Å²) in [5.74, 6) is 1.87. The minimum absolute atomic E-state index is 0.159. The van der Waals surface area contributed by atoms with Gasteiger partial charge >= 0.3 is 0 Å². The van der Waals surface area contributed by atoms with Crippen molar-refractivity contribution in [2.24, 2.45) is 0 Å². The highest BCUT2D eigenvalue weighted by molar-refractivity contribution is 6.20. The van der Waals surface area contributed by atoms with Crippen LogP contribution in [0.15, 0.2) is 10.6 Å². The molecule has 1 aromatic rings. The maximum absolute atomic E-state index is 5.87. The predicted molar refractivity (Wildman–Crippen MR) is 53.6 cm³/mol. The molecule has 0 aromatic carbocycles. The number of rotatable bonds is 2. The summed E-state index contributed by atoms with van der Waals surface area (Å²) in [5.41, 5.74) is 0. The highest BCUT2D eigenvalue weighted by atomic mass is 35.5. The highest BCUT2D eigenvalue weighted by Crippen LogP contribution is 2.28. The average molecular weight is 216 g/mol. The van der Waals surface area contributed by atoms with Crippen LogP contribution in [0.2, 0.25) is 0 Å². The first-order valence-electron chi connectivity index (χ1n) is 4.95. The van der Waals surface area contributed by atoms with Crippen molar-refractivity contribution in [2.45, 2.75) is 31.1 Å². The quantitative estimate of drug-likeness (QED) is 0.712. The Balaban J connectivity index is 2.07. The van der Waals surface area contributed by atoms with Gasteiger partial charge in [-0.1, -0.05) is 0 Å². The molecule has 0 N–H and O–H groups in total. The van der Waals surface area contributed by atoms with Gasteiger partial charge < -0.3 is 9.15 Å². The molecule has 2 heterocycles. The van der Waals surface area contributed by atoms with Crippen molar-refractivity contribution in [3.05, 3.63) is 17.8 Å². The second-order valence-electron chi connectivity index (χ2n) is 3.63. The van der Waals surface area contributed by atoms with E-state index in [1.807, 2.05) is 6.92 Å². The summed E-state index contributed by atoms with van der Waals surface area (Å²) in [6, 6.07) is 0. The van der Waals surface area contributed by atoms with E-state index in [1.165, 1.54) is 0 Å². The Morgan fingerprint density at radius 2 is 2.50 bits per heavy atom. The largest absolute Gasteiger partial charge is 0.444 e. The van der Waals surface area contributed by atoms with Crippen molar-refractivity contribution >= 4 is 11.6 Å². The Morgan fingerprint density at radius 1 is 1.64 bits per heavy atom. The van der Waals surface area contributed by atoms with E-state index in [0.29, 0.717) is 11.8 Å². The van der Waals surface area contributed by atoms with Gasteiger partial charge in [0.25, 0.3) is 0 Å². The van der Waals surface area contributed by atoms with Crippen LogP contribution in [0.4, 0.5) is 0 Å². The summed E-state index contributed by atoms with van der Waals surface area (Å²) in [6.07, 6.45) is 3.98. The standard InChI is InChI=1S/C10H14ClNO2/c1-7(11)10-12-5-9(14-10)8-3-2-4-13-6-8/h5,7-8H,2-4,6H2,1H3. The van der Waals surface area contributed by atoms with Gasteiger partial charge in [0.15, 0.2) is 0 Å². The molecule has 1 aromatic heterocycles. The third-order valence-electron chi connectivity index (χ3n) is 2.44. The normalized spacial score (nSPS) is 24.9. The first-order valence-corrected chi connectivity index (χ1v) is 5.38. The summed E-state index contributed by atoms with van der Waals surface area (Å²) in [6.45, 7) is 3.46. The Bertz CT molecular complexity index is 292. The van der Waals surface area contributed by atoms with Crippen LogP contribution >= 0.6 is 11.6 Å². The monoisotopic (exact) mass is 215 g/mol. The van der Waals surface area contributed by atoms with Crippen LogP contribution in [-0.2, 0) is 4.74 Å². The van der Waals surface area contributed by atoms with Gasteiger partial charge in [0.05, 0.1) is 12.8 Å². The molecule has 1 aliphatic rings. The van der Waals surface area contributed by atoms with Gasteiger partial charge in [-0.05, 0) is 19.8 Å². The van der Waals surface area contributed by atoms with Crippen LogP contribution < -0.4 is 0 Å². The fraction of sp³-hybridized carbons (Fsp3) is 0.700. The molecule has 0 bridgehead atoms. The van der Waals surface area contributed by atoms with Crippen molar-refractivity contribution < 1.29 is 9.15 Å². The SMILES string of the molecule is CC(Cl)c1ncc(C2CCCOC2)o1. The average Bonchev–Trinajstić information content (AvgIpc) is 2.68. The number of ether oxygens (including phenoxy) is 1. The summed E-state index contributed by atoms with van der Waals surface area (Å²) in [7, 11) is 0. The van der Waals surface area contributed by atoms with Crippen LogP contribution in [0.1, 0.15) is 42.7 Å². The van der Waals surface area contributed by atoms with E-state index in [1.54, 1.807) is 6.20 Å². The van der Waals surface area contributed by atoms with Crippen molar-refractivity contribution in [3.8, 4) is 0 Å². The van der Waals surface area contributed by atoms with E-state index in [9.17, 15) is 0 Å². The summed E-state index contributed by atoms with van der Waals surface area (Å²) < 4.78 is 10.9. The molecule has 2 unspecified atom stereocenters. The maximum Gasteiger partial charge on any atom is 0.212 e. The molecule has 4 heteroatoms. The Kier molecular flexibility index (Phi) is 3.08. The van der Waals surface area contributed by atoms with E-state index < -0.39 is 0 Å². The Morgan fingerprint density at radius 3 is 3.07 bits per heavy atom. The van der Waals surface area contributed by atoms with Crippen molar-refractivity contribution in [2.75, 3.05) is 13.2 Å². The number of hydrogen-bond acceptors (Lipinski definition) is 3. The lowest BCUT2D eigenvalue weighted by atomic mass is 10.0. The molecule has 1 fully saturated rings. The van der Waals surface area contributed by atoms with Crippen molar-refractivity contribution in [1.82, 2.24) is 4.98 Å². The fourth-order valence-corrected chi connectivity index (χ4v) is 1.74. The predicted octanol–water partition coefficient (Wildman–Crippen LogP) is 2.87. The molecular formula is C10H14ClNO2. The second-order valence-corrected chi connectivity index (χ2v) is 4.29. The number of aromatic nitrogens is 1. The first kappa shape index (κ1) is 9.99. The highest BCUT2D eigenvalue weighted by Gasteiger charge is 2.20. The van der Waals surface area contributed by atoms with Gasteiger partial charge in [-0.2, -0.15) is 0 Å². The Labute approximate surface area is 88.4 Å². The zero-order chi connectivity index (χ0) is 9.97. The number of halogens is 1. The molecular weight excluding hydrogens is 202 g/mol. The van der Waals surface area contributed by atoms with Gasteiger partial charge in [-0.25, -0.2) is 4.98 Å².